The summed E-state index contributed by atoms with van der Waals surface area (Å²) in [4.78, 5) is 4.08. The van der Waals surface area contributed by atoms with E-state index in [1.54, 1.807) is 0 Å². The van der Waals surface area contributed by atoms with Gasteiger partial charge in [-0.15, -0.1) is 0 Å². The Bertz CT molecular complexity index is 412. The van der Waals surface area contributed by atoms with Gasteiger partial charge in [-0.05, 0) is 28.1 Å². The van der Waals surface area contributed by atoms with Crippen molar-refractivity contribution in [3.63, 3.8) is 0 Å². The monoisotopic (exact) mass is 227 g/mol. The summed E-state index contributed by atoms with van der Waals surface area (Å²) in [5.41, 5.74) is 3.82. The quantitative estimate of drug-likeness (QED) is 0.577. The largest absolute Gasteiger partial charge is 0.423 e. The van der Waals surface area contributed by atoms with Gasteiger partial charge in [0, 0.05) is 4.47 Å². The molecule has 2 rings (SSSR count). The van der Waals surface area contributed by atoms with E-state index in [0.717, 1.165) is 9.99 Å². The van der Waals surface area contributed by atoms with E-state index >= 15 is 0 Å². The molecule has 0 unspecified atom stereocenters. The number of hydrogen-bond acceptors (Lipinski definition) is 4. The first-order valence-corrected chi connectivity index (χ1v) is 4.12. The summed E-state index contributed by atoms with van der Waals surface area (Å²) in [6.45, 7) is 0. The molecule has 0 saturated carbocycles. The van der Waals surface area contributed by atoms with E-state index in [9.17, 15) is 0 Å². The fourth-order valence-corrected chi connectivity index (χ4v) is 1.41. The molecule has 3 N–H and O–H groups in total. The number of hydrogen-bond donors (Lipinski definition) is 2. The van der Waals surface area contributed by atoms with Crippen molar-refractivity contribution >= 4 is 33.0 Å². The smallest absolute Gasteiger partial charge is 0.310 e. The third-order valence-corrected chi connectivity index (χ3v) is 2.13. The Hall–Kier alpha value is -1.07. The minimum atomic E-state index is 0.317. The number of benzene rings is 1. The molecule has 0 fully saturated rings. The van der Waals surface area contributed by atoms with Crippen molar-refractivity contribution in [3.05, 3.63) is 22.7 Å². The number of nitrogens with two attached hydrogens (primary N) is 1. The number of nitrogen functional groups attached to an aromatic ring is 1. The summed E-state index contributed by atoms with van der Waals surface area (Å²) in [7, 11) is 0. The van der Waals surface area contributed by atoms with Crippen LogP contribution in [0.1, 0.15) is 0 Å². The molecule has 0 aliphatic rings. The van der Waals surface area contributed by atoms with E-state index in [1.165, 1.54) is 0 Å². The SMILES string of the molecule is NNc1nc2c(Br)cccc2o1. The number of anilines is 1. The van der Waals surface area contributed by atoms with Crippen molar-refractivity contribution in [2.24, 2.45) is 5.84 Å². The highest BCUT2D eigenvalue weighted by atomic mass is 79.9. The molecule has 62 valence electrons. The molecule has 1 aromatic carbocycles. The van der Waals surface area contributed by atoms with Crippen LogP contribution in [-0.2, 0) is 0 Å². The molecule has 2 aromatic rings. The Morgan fingerprint density at radius 3 is 3.00 bits per heavy atom. The first-order valence-electron chi connectivity index (χ1n) is 3.33. The molecule has 1 aromatic heterocycles. The summed E-state index contributed by atoms with van der Waals surface area (Å²) in [6, 6.07) is 5.91. The van der Waals surface area contributed by atoms with E-state index < -0.39 is 0 Å². The summed E-state index contributed by atoms with van der Waals surface area (Å²) in [5, 5.41) is 0. The second-order valence-corrected chi connectivity index (χ2v) is 3.10. The van der Waals surface area contributed by atoms with E-state index in [2.05, 4.69) is 26.3 Å². The van der Waals surface area contributed by atoms with Crippen LogP contribution in [0.4, 0.5) is 6.01 Å². The van der Waals surface area contributed by atoms with Crippen LogP contribution in [0.25, 0.3) is 11.1 Å². The topological polar surface area (TPSA) is 64.1 Å². The fourth-order valence-electron chi connectivity index (χ4n) is 0.977. The van der Waals surface area contributed by atoms with Crippen LogP contribution in [0, 0.1) is 0 Å². The maximum atomic E-state index is 5.22. The van der Waals surface area contributed by atoms with Crippen LogP contribution in [-0.4, -0.2) is 4.98 Å². The molecule has 4 nitrogen and oxygen atoms in total. The maximum absolute atomic E-state index is 5.22. The maximum Gasteiger partial charge on any atom is 0.310 e. The lowest BCUT2D eigenvalue weighted by Gasteiger charge is -1.86. The van der Waals surface area contributed by atoms with Crippen molar-refractivity contribution in [1.82, 2.24) is 4.98 Å². The van der Waals surface area contributed by atoms with Gasteiger partial charge in [0.1, 0.15) is 5.52 Å². The zero-order chi connectivity index (χ0) is 8.55. The zero-order valence-electron chi connectivity index (χ0n) is 6.04. The van der Waals surface area contributed by atoms with Crippen molar-refractivity contribution in [1.29, 1.82) is 0 Å². The molecular weight excluding hydrogens is 222 g/mol. The molecule has 1 heterocycles. The number of fused-ring (bicyclic) bond motifs is 1. The van der Waals surface area contributed by atoms with Gasteiger partial charge in [-0.2, -0.15) is 4.98 Å². The van der Waals surface area contributed by atoms with Crippen LogP contribution >= 0.6 is 15.9 Å². The number of halogens is 1. The Kier molecular flexibility index (Phi) is 1.74. The Morgan fingerprint density at radius 2 is 2.33 bits per heavy atom. The summed E-state index contributed by atoms with van der Waals surface area (Å²) < 4.78 is 6.11. The number of nitrogens with zero attached hydrogens (tertiary/aromatic N) is 1. The molecule has 0 aliphatic carbocycles. The summed E-state index contributed by atoms with van der Waals surface area (Å²) in [5.74, 6) is 5.14. The molecule has 5 heteroatoms. The number of rotatable bonds is 1. The number of oxazole rings is 1. The predicted molar refractivity (Wildman–Crippen MR) is 49.5 cm³/mol. The highest BCUT2D eigenvalue weighted by Crippen LogP contribution is 2.25. The van der Waals surface area contributed by atoms with Gasteiger partial charge in [-0.1, -0.05) is 6.07 Å². The Balaban J connectivity index is 2.74. The van der Waals surface area contributed by atoms with Crippen LogP contribution in [0.2, 0.25) is 0 Å². The van der Waals surface area contributed by atoms with E-state index in [1.807, 2.05) is 18.2 Å². The Labute approximate surface area is 76.9 Å². The standard InChI is InChI=1S/C7H6BrN3O/c8-4-2-1-3-5-6(4)10-7(11-9)12-5/h1-3H,9H2,(H,10,11). The van der Waals surface area contributed by atoms with Crippen LogP contribution in [0.15, 0.2) is 27.1 Å². The lowest BCUT2D eigenvalue weighted by Crippen LogP contribution is -2.06. The average molecular weight is 228 g/mol. The molecule has 0 radical (unpaired) electrons. The van der Waals surface area contributed by atoms with Gasteiger partial charge in [-0.25, -0.2) is 5.84 Å². The molecule has 0 aliphatic heterocycles. The van der Waals surface area contributed by atoms with E-state index in [-0.39, 0.29) is 0 Å². The third kappa shape index (κ3) is 1.07. The van der Waals surface area contributed by atoms with Gasteiger partial charge < -0.3 is 4.42 Å². The Morgan fingerprint density at radius 1 is 1.50 bits per heavy atom. The van der Waals surface area contributed by atoms with Crippen molar-refractivity contribution < 1.29 is 4.42 Å². The second kappa shape index (κ2) is 2.76. The summed E-state index contributed by atoms with van der Waals surface area (Å²) >= 11 is 3.35. The summed E-state index contributed by atoms with van der Waals surface area (Å²) in [6.07, 6.45) is 0. The lowest BCUT2D eigenvalue weighted by molar-refractivity contribution is 0.617. The lowest BCUT2D eigenvalue weighted by atomic mass is 10.3. The number of aromatic nitrogens is 1. The number of hydrazine groups is 1. The molecule has 0 amide bonds. The fraction of sp³-hybridized carbons (Fsp3) is 0. The number of para-hydroxylation sites is 1. The molecule has 0 atom stereocenters. The van der Waals surface area contributed by atoms with Gasteiger partial charge in [0.25, 0.3) is 0 Å². The first-order chi connectivity index (χ1) is 5.81. The molecule has 0 saturated heterocycles. The molecule has 0 spiro atoms. The second-order valence-electron chi connectivity index (χ2n) is 2.25. The van der Waals surface area contributed by atoms with Gasteiger partial charge in [0.2, 0.25) is 0 Å². The van der Waals surface area contributed by atoms with Gasteiger partial charge in [-0.3, -0.25) is 5.43 Å². The van der Waals surface area contributed by atoms with Gasteiger partial charge in [0.15, 0.2) is 5.58 Å². The molecule has 12 heavy (non-hydrogen) atoms. The number of nitrogens with one attached hydrogen (secondary N) is 1. The van der Waals surface area contributed by atoms with E-state index in [0.29, 0.717) is 11.6 Å². The van der Waals surface area contributed by atoms with E-state index in [4.69, 9.17) is 10.3 Å². The average Bonchev–Trinajstić information content (AvgIpc) is 2.49. The van der Waals surface area contributed by atoms with Gasteiger partial charge in [0.05, 0.1) is 0 Å². The molecule has 0 bridgehead atoms. The highest BCUT2D eigenvalue weighted by Gasteiger charge is 2.05. The van der Waals surface area contributed by atoms with Crippen molar-refractivity contribution in [2.75, 3.05) is 5.43 Å². The van der Waals surface area contributed by atoms with Gasteiger partial charge >= 0.3 is 6.01 Å². The minimum absolute atomic E-state index is 0.317. The normalized spacial score (nSPS) is 10.5. The zero-order valence-corrected chi connectivity index (χ0v) is 7.63. The molecular formula is C7H6BrN3O. The minimum Gasteiger partial charge on any atom is -0.423 e. The van der Waals surface area contributed by atoms with Crippen molar-refractivity contribution in [2.45, 2.75) is 0 Å². The third-order valence-electron chi connectivity index (χ3n) is 1.49. The highest BCUT2D eigenvalue weighted by molar-refractivity contribution is 9.10. The first kappa shape index (κ1) is 7.57. The van der Waals surface area contributed by atoms with Crippen LogP contribution in [0.3, 0.4) is 0 Å². The van der Waals surface area contributed by atoms with Crippen LogP contribution in [0.5, 0.6) is 0 Å². The predicted octanol–water partition coefficient (Wildman–Crippen LogP) is 1.88. The van der Waals surface area contributed by atoms with Crippen LogP contribution < -0.4 is 11.3 Å². The van der Waals surface area contributed by atoms with Crippen molar-refractivity contribution in [3.8, 4) is 0 Å².